The van der Waals surface area contributed by atoms with E-state index in [2.05, 4.69) is 20.7 Å². The van der Waals surface area contributed by atoms with Crippen LogP contribution in [0.5, 0.6) is 11.5 Å². The van der Waals surface area contributed by atoms with Crippen LogP contribution in [-0.2, 0) is 22.7 Å². The van der Waals surface area contributed by atoms with Gasteiger partial charge in [-0.2, -0.15) is 4.80 Å². The first-order valence-corrected chi connectivity index (χ1v) is 13.7. The van der Waals surface area contributed by atoms with E-state index in [-0.39, 0.29) is 25.0 Å². The van der Waals surface area contributed by atoms with Gasteiger partial charge < -0.3 is 24.1 Å². The summed E-state index contributed by atoms with van der Waals surface area (Å²) < 4.78 is 16.3. The number of methoxy groups -OCH3 is 2. The molecule has 1 aliphatic rings. The number of carbonyl (C=O) groups excluding carboxylic acids is 2. The maximum absolute atomic E-state index is 13.9. The number of furan rings is 1. The Kier molecular flexibility index (Phi) is 8.83. The minimum Gasteiger partial charge on any atom is -0.493 e. The summed E-state index contributed by atoms with van der Waals surface area (Å²) in [4.78, 5) is 30.3. The Labute approximate surface area is 242 Å². The van der Waals surface area contributed by atoms with Crippen molar-refractivity contribution < 1.29 is 23.5 Å². The Morgan fingerprint density at radius 2 is 1.88 bits per heavy atom. The number of hydrogen-bond donors (Lipinski definition) is 1. The van der Waals surface area contributed by atoms with Crippen LogP contribution in [-0.4, -0.2) is 57.2 Å². The van der Waals surface area contributed by atoms with E-state index in [1.807, 2.05) is 18.2 Å². The van der Waals surface area contributed by atoms with E-state index < -0.39 is 11.9 Å². The van der Waals surface area contributed by atoms with Crippen LogP contribution in [0.3, 0.4) is 0 Å². The van der Waals surface area contributed by atoms with Crippen molar-refractivity contribution in [2.24, 2.45) is 0 Å². The molecule has 0 aliphatic heterocycles. The zero-order valence-corrected chi connectivity index (χ0v) is 23.6. The second-order valence-electron chi connectivity index (χ2n) is 9.73. The molecule has 41 heavy (non-hydrogen) atoms. The number of aromatic nitrogens is 4. The number of amides is 2. The van der Waals surface area contributed by atoms with E-state index in [0.717, 1.165) is 25.7 Å². The lowest BCUT2D eigenvalue weighted by Gasteiger charge is -2.31. The van der Waals surface area contributed by atoms with Gasteiger partial charge in [0.15, 0.2) is 17.5 Å². The molecule has 1 atom stereocenters. The topological polar surface area (TPSA) is 125 Å². The molecular formula is C29H31ClN6O5. The Hall–Kier alpha value is -4.38. The summed E-state index contributed by atoms with van der Waals surface area (Å²) in [5, 5.41) is 16.2. The van der Waals surface area contributed by atoms with Gasteiger partial charge in [0.05, 0.1) is 20.5 Å². The largest absolute Gasteiger partial charge is 0.493 e. The first-order valence-electron chi connectivity index (χ1n) is 13.3. The highest BCUT2D eigenvalue weighted by atomic mass is 35.5. The maximum atomic E-state index is 13.9. The fourth-order valence-electron chi connectivity index (χ4n) is 4.97. The Bertz CT molecular complexity index is 1480. The van der Waals surface area contributed by atoms with Gasteiger partial charge in [-0.25, -0.2) is 0 Å². The summed E-state index contributed by atoms with van der Waals surface area (Å²) >= 11 is 6.48. The Morgan fingerprint density at radius 3 is 2.59 bits per heavy atom. The van der Waals surface area contributed by atoms with Crippen LogP contribution < -0.4 is 14.8 Å². The number of nitrogens with zero attached hydrogens (tertiary/aromatic N) is 5. The minimum absolute atomic E-state index is 0.0539. The monoisotopic (exact) mass is 578 g/mol. The average Bonchev–Trinajstić information content (AvgIpc) is 3.77. The Balaban J connectivity index is 1.44. The van der Waals surface area contributed by atoms with Gasteiger partial charge in [-0.3, -0.25) is 9.59 Å². The van der Waals surface area contributed by atoms with Crippen molar-refractivity contribution >= 4 is 23.4 Å². The van der Waals surface area contributed by atoms with Crippen LogP contribution in [0.25, 0.3) is 11.4 Å². The van der Waals surface area contributed by atoms with Crippen molar-refractivity contribution in [2.45, 2.75) is 50.9 Å². The Morgan fingerprint density at radius 1 is 1.10 bits per heavy atom. The molecule has 1 aliphatic carbocycles. The van der Waals surface area contributed by atoms with Crippen LogP contribution in [0.1, 0.15) is 43.0 Å². The number of carbonyl (C=O) groups is 2. The molecular weight excluding hydrogens is 548 g/mol. The van der Waals surface area contributed by atoms with Crippen molar-refractivity contribution in [3.8, 4) is 22.9 Å². The van der Waals surface area contributed by atoms with Gasteiger partial charge in [0.1, 0.15) is 12.3 Å². The molecule has 4 aromatic rings. The standard InChI is InChI=1S/C29H31ClN6O5/c1-39-23-14-13-19(16-25(23)40-2)28-32-34-36(33-28)18-26(37)35(17-20-8-3-6-11-22(20)30)27(24-12-7-15-41-24)29(38)31-21-9-4-5-10-21/h3,6-8,11-16,21,27H,4-5,9-10,17-18H2,1-2H3,(H,31,38). The molecule has 2 aromatic heterocycles. The molecule has 214 valence electrons. The van der Waals surface area contributed by atoms with E-state index in [0.29, 0.717) is 39.2 Å². The van der Waals surface area contributed by atoms with Crippen LogP contribution in [0.15, 0.2) is 65.3 Å². The molecule has 11 nitrogen and oxygen atoms in total. The van der Waals surface area contributed by atoms with Gasteiger partial charge in [-0.15, -0.1) is 10.2 Å². The molecule has 1 N–H and O–H groups in total. The van der Waals surface area contributed by atoms with E-state index in [4.69, 9.17) is 25.5 Å². The summed E-state index contributed by atoms with van der Waals surface area (Å²) in [6, 6.07) is 14.9. The van der Waals surface area contributed by atoms with E-state index in [1.165, 1.54) is 23.1 Å². The van der Waals surface area contributed by atoms with Crippen molar-refractivity contribution in [2.75, 3.05) is 14.2 Å². The summed E-state index contributed by atoms with van der Waals surface area (Å²) in [5.41, 5.74) is 1.32. The molecule has 2 aromatic carbocycles. The second kappa shape index (κ2) is 12.9. The highest BCUT2D eigenvalue weighted by Crippen LogP contribution is 2.31. The van der Waals surface area contributed by atoms with Gasteiger partial charge in [0.2, 0.25) is 11.7 Å². The van der Waals surface area contributed by atoms with E-state index in [9.17, 15) is 9.59 Å². The maximum Gasteiger partial charge on any atom is 0.250 e. The molecule has 1 fully saturated rings. The predicted molar refractivity (Wildman–Crippen MR) is 150 cm³/mol. The van der Waals surface area contributed by atoms with Crippen molar-refractivity contribution in [3.63, 3.8) is 0 Å². The minimum atomic E-state index is -1.02. The lowest BCUT2D eigenvalue weighted by molar-refractivity contribution is -0.143. The zero-order valence-electron chi connectivity index (χ0n) is 22.8. The molecule has 1 unspecified atom stereocenters. The smallest absolute Gasteiger partial charge is 0.250 e. The molecule has 0 saturated heterocycles. The summed E-state index contributed by atoms with van der Waals surface area (Å²) in [5.74, 6) is 0.997. The summed E-state index contributed by atoms with van der Waals surface area (Å²) in [7, 11) is 3.09. The first-order chi connectivity index (χ1) is 20.0. The van der Waals surface area contributed by atoms with Crippen LogP contribution in [0.2, 0.25) is 5.02 Å². The molecule has 5 rings (SSSR count). The van der Waals surface area contributed by atoms with Crippen molar-refractivity contribution in [3.05, 3.63) is 77.2 Å². The van der Waals surface area contributed by atoms with E-state index >= 15 is 0 Å². The lowest BCUT2D eigenvalue weighted by atomic mass is 10.1. The number of tetrazole rings is 1. The number of ether oxygens (including phenoxy) is 2. The van der Waals surface area contributed by atoms with Gasteiger partial charge in [0.25, 0.3) is 5.91 Å². The lowest BCUT2D eigenvalue weighted by Crippen LogP contribution is -2.46. The molecule has 2 amide bonds. The van der Waals surface area contributed by atoms with Gasteiger partial charge in [-0.1, -0.05) is 42.6 Å². The second-order valence-corrected chi connectivity index (χ2v) is 10.1. The quantitative estimate of drug-likeness (QED) is 0.277. The third-order valence-electron chi connectivity index (χ3n) is 7.06. The fraction of sp³-hybridized carbons (Fsp3) is 0.345. The third kappa shape index (κ3) is 6.51. The van der Waals surface area contributed by atoms with Crippen LogP contribution >= 0.6 is 11.6 Å². The third-order valence-corrected chi connectivity index (χ3v) is 7.43. The van der Waals surface area contributed by atoms with Crippen molar-refractivity contribution in [1.82, 2.24) is 30.4 Å². The number of halogens is 1. The molecule has 0 radical (unpaired) electrons. The SMILES string of the molecule is COc1ccc(-c2nnn(CC(=O)N(Cc3ccccc3Cl)C(C(=O)NC3CCCC3)c3ccco3)n2)cc1OC. The summed E-state index contributed by atoms with van der Waals surface area (Å²) in [6.07, 6.45) is 5.39. The van der Waals surface area contributed by atoms with Gasteiger partial charge >= 0.3 is 0 Å². The van der Waals surface area contributed by atoms with Crippen molar-refractivity contribution in [1.29, 1.82) is 0 Å². The fourth-order valence-corrected chi connectivity index (χ4v) is 5.16. The van der Waals surface area contributed by atoms with E-state index in [1.54, 1.807) is 43.5 Å². The van der Waals surface area contributed by atoms with Gasteiger partial charge in [0, 0.05) is 23.2 Å². The number of benzene rings is 2. The number of nitrogens with one attached hydrogen (secondary N) is 1. The molecule has 2 heterocycles. The zero-order chi connectivity index (χ0) is 28.8. The van der Waals surface area contributed by atoms with Gasteiger partial charge in [-0.05, 0) is 60.0 Å². The highest BCUT2D eigenvalue weighted by molar-refractivity contribution is 6.31. The number of hydrogen-bond acceptors (Lipinski definition) is 8. The van der Waals surface area contributed by atoms with Crippen LogP contribution in [0.4, 0.5) is 0 Å². The molecule has 0 spiro atoms. The summed E-state index contributed by atoms with van der Waals surface area (Å²) in [6.45, 7) is -0.197. The number of rotatable bonds is 11. The van der Waals surface area contributed by atoms with Crippen LogP contribution in [0, 0.1) is 0 Å². The first kappa shape index (κ1) is 28.2. The normalized spacial score (nSPS) is 14.0. The predicted octanol–water partition coefficient (Wildman–Crippen LogP) is 4.43. The molecule has 0 bridgehead atoms. The highest BCUT2D eigenvalue weighted by Gasteiger charge is 2.35. The average molecular weight is 579 g/mol. The molecule has 12 heteroatoms. The molecule has 1 saturated carbocycles.